The van der Waals surface area contributed by atoms with Crippen molar-refractivity contribution in [3.63, 3.8) is 0 Å². The number of hydrogen-bond acceptors (Lipinski definition) is 1. The van der Waals surface area contributed by atoms with E-state index in [9.17, 15) is 8.78 Å². The van der Waals surface area contributed by atoms with Crippen LogP contribution >= 0.6 is 0 Å². The zero-order chi connectivity index (χ0) is 10.2. The molecule has 2 rings (SSSR count). The Kier molecular flexibility index (Phi) is 2.54. The van der Waals surface area contributed by atoms with Crippen LogP contribution in [-0.4, -0.2) is 11.5 Å². The molecule has 1 nitrogen and oxygen atoms in total. The van der Waals surface area contributed by atoms with Gasteiger partial charge in [0.15, 0.2) is 0 Å². The standard InChI is InChI=1S/C11H19F2N/c12-11(13)6-4-10(14,5-7-11)8-9-2-1-3-9/h9H,1-8,14H2. The zero-order valence-electron chi connectivity index (χ0n) is 8.57. The van der Waals surface area contributed by atoms with Gasteiger partial charge in [0.2, 0.25) is 5.92 Å². The molecule has 0 aromatic heterocycles. The van der Waals surface area contributed by atoms with Crippen LogP contribution in [0.25, 0.3) is 0 Å². The van der Waals surface area contributed by atoms with Crippen LogP contribution in [-0.2, 0) is 0 Å². The van der Waals surface area contributed by atoms with Crippen molar-refractivity contribution < 1.29 is 8.78 Å². The minimum absolute atomic E-state index is 0.00375. The highest BCUT2D eigenvalue weighted by atomic mass is 19.3. The quantitative estimate of drug-likeness (QED) is 0.733. The molecule has 0 unspecified atom stereocenters. The largest absolute Gasteiger partial charge is 0.325 e. The Bertz CT molecular complexity index is 201. The minimum atomic E-state index is -2.44. The third-order valence-electron chi connectivity index (χ3n) is 3.90. The predicted octanol–water partition coefficient (Wildman–Crippen LogP) is 3.08. The van der Waals surface area contributed by atoms with Gasteiger partial charge in [0, 0.05) is 18.4 Å². The number of alkyl halides is 2. The summed E-state index contributed by atoms with van der Waals surface area (Å²) in [7, 11) is 0. The van der Waals surface area contributed by atoms with E-state index in [2.05, 4.69) is 0 Å². The maximum atomic E-state index is 12.9. The lowest BCUT2D eigenvalue weighted by Gasteiger charge is -2.41. The molecule has 2 aliphatic rings. The van der Waals surface area contributed by atoms with Crippen LogP contribution in [0.5, 0.6) is 0 Å². The summed E-state index contributed by atoms with van der Waals surface area (Å²) in [6.45, 7) is 0. The molecule has 0 heterocycles. The van der Waals surface area contributed by atoms with Crippen molar-refractivity contribution in [1.29, 1.82) is 0 Å². The van der Waals surface area contributed by atoms with Crippen molar-refractivity contribution >= 4 is 0 Å². The van der Waals surface area contributed by atoms with E-state index in [0.29, 0.717) is 12.8 Å². The Hall–Kier alpha value is -0.180. The fourth-order valence-electron chi connectivity index (χ4n) is 2.59. The first kappa shape index (κ1) is 10.3. The summed E-state index contributed by atoms with van der Waals surface area (Å²) in [6.07, 6.45) is 5.81. The molecule has 0 aromatic rings. The average molecular weight is 203 g/mol. The van der Waals surface area contributed by atoms with Crippen LogP contribution < -0.4 is 5.73 Å². The molecule has 0 bridgehead atoms. The smallest absolute Gasteiger partial charge is 0.248 e. The molecule has 0 atom stereocenters. The van der Waals surface area contributed by atoms with Gasteiger partial charge in [-0.2, -0.15) is 0 Å². The highest BCUT2D eigenvalue weighted by Gasteiger charge is 2.42. The molecule has 0 saturated heterocycles. The first-order chi connectivity index (χ1) is 6.49. The van der Waals surface area contributed by atoms with Gasteiger partial charge in [0.05, 0.1) is 0 Å². The minimum Gasteiger partial charge on any atom is -0.325 e. The molecule has 0 spiro atoms. The van der Waals surface area contributed by atoms with E-state index in [1.807, 2.05) is 0 Å². The van der Waals surface area contributed by atoms with Crippen LogP contribution in [0.15, 0.2) is 0 Å². The van der Waals surface area contributed by atoms with Gasteiger partial charge in [0.1, 0.15) is 0 Å². The number of nitrogens with two attached hydrogens (primary N) is 1. The van der Waals surface area contributed by atoms with Crippen molar-refractivity contribution in [2.45, 2.75) is 62.8 Å². The topological polar surface area (TPSA) is 26.0 Å². The Balaban J connectivity index is 1.84. The number of rotatable bonds is 2. The molecule has 0 amide bonds. The molecule has 0 aliphatic heterocycles. The molecular weight excluding hydrogens is 184 g/mol. The van der Waals surface area contributed by atoms with E-state index in [-0.39, 0.29) is 18.4 Å². The third-order valence-corrected chi connectivity index (χ3v) is 3.90. The molecular formula is C11H19F2N. The summed E-state index contributed by atoms with van der Waals surface area (Å²) in [5.41, 5.74) is 5.89. The van der Waals surface area contributed by atoms with Gasteiger partial charge in [-0.15, -0.1) is 0 Å². The summed E-state index contributed by atoms with van der Waals surface area (Å²) in [4.78, 5) is 0. The second-order valence-electron chi connectivity index (χ2n) is 5.22. The third kappa shape index (κ3) is 2.25. The van der Waals surface area contributed by atoms with Gasteiger partial charge in [-0.3, -0.25) is 0 Å². The number of hydrogen-bond donors (Lipinski definition) is 1. The first-order valence-corrected chi connectivity index (χ1v) is 5.66. The van der Waals surface area contributed by atoms with E-state index < -0.39 is 5.92 Å². The first-order valence-electron chi connectivity index (χ1n) is 5.66. The zero-order valence-corrected chi connectivity index (χ0v) is 8.57. The molecule has 2 N–H and O–H groups in total. The highest BCUT2D eigenvalue weighted by molar-refractivity contribution is 4.95. The second kappa shape index (κ2) is 3.44. The lowest BCUT2D eigenvalue weighted by molar-refractivity contribution is -0.0547. The lowest BCUT2D eigenvalue weighted by Crippen LogP contribution is -2.48. The summed E-state index contributed by atoms with van der Waals surface area (Å²) in [5.74, 6) is -1.71. The van der Waals surface area contributed by atoms with Crippen molar-refractivity contribution in [3.8, 4) is 0 Å². The molecule has 0 radical (unpaired) electrons. The SMILES string of the molecule is NC1(CC2CCC2)CCC(F)(F)CC1. The molecule has 14 heavy (non-hydrogen) atoms. The van der Waals surface area contributed by atoms with Crippen LogP contribution in [0, 0.1) is 5.92 Å². The molecule has 3 heteroatoms. The van der Waals surface area contributed by atoms with Gasteiger partial charge >= 0.3 is 0 Å². The fraction of sp³-hybridized carbons (Fsp3) is 1.00. The maximum absolute atomic E-state index is 12.9. The van der Waals surface area contributed by atoms with Crippen molar-refractivity contribution in [1.82, 2.24) is 0 Å². The summed E-state index contributed by atoms with van der Waals surface area (Å²) in [5, 5.41) is 0. The Labute approximate surface area is 84.0 Å². The molecule has 0 aromatic carbocycles. The summed E-state index contributed by atoms with van der Waals surface area (Å²) < 4.78 is 25.9. The van der Waals surface area contributed by atoms with Gasteiger partial charge in [-0.05, 0) is 25.2 Å². The highest BCUT2D eigenvalue weighted by Crippen LogP contribution is 2.43. The summed E-state index contributed by atoms with van der Waals surface area (Å²) >= 11 is 0. The Morgan fingerprint density at radius 2 is 1.64 bits per heavy atom. The van der Waals surface area contributed by atoms with E-state index >= 15 is 0 Å². The Morgan fingerprint density at radius 3 is 2.07 bits per heavy atom. The van der Waals surface area contributed by atoms with E-state index in [4.69, 9.17) is 5.73 Å². The van der Waals surface area contributed by atoms with E-state index in [0.717, 1.165) is 12.3 Å². The Morgan fingerprint density at radius 1 is 1.07 bits per heavy atom. The van der Waals surface area contributed by atoms with Gasteiger partial charge in [-0.1, -0.05) is 19.3 Å². The van der Waals surface area contributed by atoms with Gasteiger partial charge in [-0.25, -0.2) is 8.78 Å². The molecule has 82 valence electrons. The van der Waals surface area contributed by atoms with Crippen LogP contribution in [0.1, 0.15) is 51.4 Å². The maximum Gasteiger partial charge on any atom is 0.248 e. The molecule has 2 saturated carbocycles. The second-order valence-corrected chi connectivity index (χ2v) is 5.22. The lowest BCUT2D eigenvalue weighted by atomic mass is 9.70. The monoisotopic (exact) mass is 203 g/mol. The molecule has 2 aliphatic carbocycles. The van der Waals surface area contributed by atoms with Crippen molar-refractivity contribution in [2.75, 3.05) is 0 Å². The summed E-state index contributed by atoms with van der Waals surface area (Å²) in [6, 6.07) is 0. The van der Waals surface area contributed by atoms with Crippen LogP contribution in [0.4, 0.5) is 8.78 Å². The normalized spacial score (nSPS) is 31.1. The number of halogens is 2. The molecule has 2 fully saturated rings. The van der Waals surface area contributed by atoms with Crippen LogP contribution in [0.2, 0.25) is 0 Å². The van der Waals surface area contributed by atoms with E-state index in [1.165, 1.54) is 19.3 Å². The average Bonchev–Trinajstić information content (AvgIpc) is 2.05. The fourth-order valence-corrected chi connectivity index (χ4v) is 2.59. The van der Waals surface area contributed by atoms with Crippen molar-refractivity contribution in [3.05, 3.63) is 0 Å². The van der Waals surface area contributed by atoms with Gasteiger partial charge in [0.25, 0.3) is 0 Å². The van der Waals surface area contributed by atoms with E-state index in [1.54, 1.807) is 0 Å². The van der Waals surface area contributed by atoms with Gasteiger partial charge < -0.3 is 5.73 Å². The van der Waals surface area contributed by atoms with Crippen LogP contribution in [0.3, 0.4) is 0 Å². The predicted molar refractivity (Wildman–Crippen MR) is 52.3 cm³/mol. The van der Waals surface area contributed by atoms with Crippen molar-refractivity contribution in [2.24, 2.45) is 11.7 Å².